The second kappa shape index (κ2) is 6.70. The number of carbonyl (C=O) groups excluding carboxylic acids is 1. The molecule has 0 aliphatic heterocycles. The van der Waals surface area contributed by atoms with Crippen molar-refractivity contribution in [2.45, 2.75) is 6.92 Å². The van der Waals surface area contributed by atoms with Gasteiger partial charge < -0.3 is 0 Å². The number of nitrogens with zero attached hydrogens (tertiary/aromatic N) is 2. The fraction of sp³-hybridized carbons (Fsp3) is 0.0714. The van der Waals surface area contributed by atoms with Gasteiger partial charge in [0, 0.05) is 5.56 Å². The number of anilines is 1. The van der Waals surface area contributed by atoms with Gasteiger partial charge in [-0.05, 0) is 30.7 Å². The van der Waals surface area contributed by atoms with E-state index in [0.29, 0.717) is 11.3 Å². The first-order valence-electron chi connectivity index (χ1n) is 5.52. The maximum atomic E-state index is 12.3. The van der Waals surface area contributed by atoms with Crippen LogP contribution in [0.3, 0.4) is 0 Å². The van der Waals surface area contributed by atoms with Crippen molar-refractivity contribution in [3.8, 4) is 0 Å². The first-order chi connectivity index (χ1) is 8.74. The summed E-state index contributed by atoms with van der Waals surface area (Å²) in [5, 5.41) is 1.25. The van der Waals surface area contributed by atoms with Crippen LogP contribution in [0.15, 0.2) is 59.1 Å². The molecule has 1 amide bonds. The van der Waals surface area contributed by atoms with Crippen molar-refractivity contribution in [2.24, 2.45) is 4.47 Å². The minimum atomic E-state index is -0.222. The molecule has 0 aliphatic carbocycles. The number of aryl methyl sites for hydroxylation is 1. The Balaban J connectivity index is 0.00000180. The highest BCUT2D eigenvalue weighted by molar-refractivity contribution is 7.47. The van der Waals surface area contributed by atoms with Crippen LogP contribution in [-0.4, -0.2) is 5.91 Å². The lowest BCUT2D eigenvalue weighted by Crippen LogP contribution is -2.25. The third-order valence-corrected chi connectivity index (χ3v) is 2.80. The highest BCUT2D eigenvalue weighted by Crippen LogP contribution is 2.21. The zero-order chi connectivity index (χ0) is 13.0. The average Bonchev–Trinajstić information content (AvgIpc) is 2.42. The molecule has 0 aliphatic rings. The van der Waals surface area contributed by atoms with Crippen LogP contribution >= 0.6 is 0 Å². The second-order valence-electron chi connectivity index (χ2n) is 3.85. The second-order valence-corrected chi connectivity index (χ2v) is 4.01. The van der Waals surface area contributed by atoms with Crippen molar-refractivity contribution < 1.29 is 9.50 Å². The van der Waals surface area contributed by atoms with Crippen molar-refractivity contribution >= 4 is 24.0 Å². The summed E-state index contributed by atoms with van der Waals surface area (Å²) >= 11 is 4.72. The largest absolute Gasteiger partial charge is 0.279 e. The number of hydrogen-bond acceptors (Lipinski definition) is 3. The smallest absolute Gasteiger partial charge is 0.269 e. The maximum absolute atomic E-state index is 12.3. The summed E-state index contributed by atoms with van der Waals surface area (Å²) < 4.78 is 3.66. The van der Waals surface area contributed by atoms with Crippen LogP contribution < -0.4 is 5.01 Å². The SMILES string of the molecule is Cc1ccccc1N(N=S)C(=O)c1ccccc1.F. The van der Waals surface area contributed by atoms with Crippen LogP contribution in [0.25, 0.3) is 0 Å². The summed E-state index contributed by atoms with van der Waals surface area (Å²) in [6, 6.07) is 16.5. The van der Waals surface area contributed by atoms with E-state index in [1.54, 1.807) is 12.1 Å². The van der Waals surface area contributed by atoms with E-state index in [1.165, 1.54) is 5.01 Å². The molecule has 0 fully saturated rings. The molecule has 2 aromatic carbocycles. The maximum Gasteiger partial charge on any atom is 0.279 e. The fourth-order valence-electron chi connectivity index (χ4n) is 1.69. The van der Waals surface area contributed by atoms with Crippen LogP contribution in [0.4, 0.5) is 10.4 Å². The van der Waals surface area contributed by atoms with E-state index in [2.05, 4.69) is 4.47 Å². The fourth-order valence-corrected chi connectivity index (χ4v) is 1.86. The van der Waals surface area contributed by atoms with E-state index in [9.17, 15) is 4.79 Å². The van der Waals surface area contributed by atoms with Gasteiger partial charge in [-0.3, -0.25) is 9.50 Å². The van der Waals surface area contributed by atoms with Crippen molar-refractivity contribution in [2.75, 3.05) is 5.01 Å². The van der Waals surface area contributed by atoms with E-state index in [4.69, 9.17) is 12.4 Å². The van der Waals surface area contributed by atoms with Crippen molar-refractivity contribution in [3.63, 3.8) is 0 Å². The van der Waals surface area contributed by atoms with Crippen LogP contribution in [0.5, 0.6) is 0 Å². The minimum Gasteiger partial charge on any atom is -0.269 e. The molecule has 2 aromatic rings. The molecule has 2 rings (SSSR count). The Labute approximate surface area is 116 Å². The Bertz CT molecular complexity index is 575. The molecular formula is C14H13FN2OS. The lowest BCUT2D eigenvalue weighted by molar-refractivity contribution is 0.0988. The Kier molecular flexibility index (Phi) is 5.26. The van der Waals surface area contributed by atoms with Gasteiger partial charge >= 0.3 is 0 Å². The van der Waals surface area contributed by atoms with Crippen LogP contribution in [0.2, 0.25) is 0 Å². The molecule has 0 N–H and O–H groups in total. The zero-order valence-electron chi connectivity index (χ0n) is 10.3. The minimum absolute atomic E-state index is 0. The number of halogens is 1. The highest BCUT2D eigenvalue weighted by Gasteiger charge is 2.18. The summed E-state index contributed by atoms with van der Waals surface area (Å²) in [6.45, 7) is 1.92. The van der Waals surface area contributed by atoms with Gasteiger partial charge in [-0.15, -0.1) is 0 Å². The average molecular weight is 276 g/mol. The summed E-state index contributed by atoms with van der Waals surface area (Å²) in [6.07, 6.45) is 0. The predicted octanol–water partition coefficient (Wildman–Crippen LogP) is 3.44. The van der Waals surface area contributed by atoms with Gasteiger partial charge in [0.2, 0.25) is 0 Å². The van der Waals surface area contributed by atoms with E-state index >= 15 is 0 Å². The molecular weight excluding hydrogens is 263 g/mol. The summed E-state index contributed by atoms with van der Waals surface area (Å²) in [5.41, 5.74) is 2.23. The Morgan fingerprint density at radius 3 is 2.21 bits per heavy atom. The molecule has 3 nitrogen and oxygen atoms in total. The molecule has 5 heteroatoms. The van der Waals surface area contributed by atoms with E-state index in [1.807, 2.05) is 49.4 Å². The van der Waals surface area contributed by atoms with Crippen LogP contribution in [0.1, 0.15) is 15.9 Å². The number of rotatable bonds is 3. The third-order valence-electron chi connectivity index (χ3n) is 2.64. The monoisotopic (exact) mass is 276 g/mol. The summed E-state index contributed by atoms with van der Waals surface area (Å²) in [4.78, 5) is 12.3. The number of carbonyl (C=O) groups is 1. The number of hydrogen-bond donors (Lipinski definition) is 0. The normalized spacial score (nSPS) is 9.32. The van der Waals surface area contributed by atoms with Crippen molar-refractivity contribution in [1.29, 1.82) is 0 Å². The molecule has 0 unspecified atom stereocenters. The Hall–Kier alpha value is -2.14. The zero-order valence-corrected chi connectivity index (χ0v) is 11.1. The summed E-state index contributed by atoms with van der Waals surface area (Å²) in [7, 11) is 0. The molecule has 0 heterocycles. The van der Waals surface area contributed by atoms with Crippen molar-refractivity contribution in [3.05, 3.63) is 65.7 Å². The van der Waals surface area contributed by atoms with Gasteiger partial charge in [-0.2, -0.15) is 5.01 Å². The van der Waals surface area contributed by atoms with Crippen LogP contribution in [-0.2, 0) is 12.4 Å². The third kappa shape index (κ3) is 3.20. The number of amides is 1. The van der Waals surface area contributed by atoms with Gasteiger partial charge in [0.1, 0.15) is 0 Å². The molecule has 0 bridgehead atoms. The topological polar surface area (TPSA) is 32.7 Å². The predicted molar refractivity (Wildman–Crippen MR) is 76.7 cm³/mol. The Morgan fingerprint density at radius 2 is 1.63 bits per heavy atom. The number of benzene rings is 2. The van der Waals surface area contributed by atoms with Gasteiger partial charge in [0.25, 0.3) is 5.91 Å². The first-order valence-corrected chi connectivity index (χ1v) is 5.89. The number of para-hydroxylation sites is 1. The molecule has 0 atom stereocenters. The molecule has 0 saturated heterocycles. The standard InChI is InChI=1S/C14H12N2OS.FH/c1-11-7-5-6-10-13(11)16(15-18)14(17)12-8-3-2-4-9-12;/h2-10H,1H3;1H. The lowest BCUT2D eigenvalue weighted by atomic mass is 10.1. The highest BCUT2D eigenvalue weighted by atomic mass is 32.1. The molecule has 0 aromatic heterocycles. The lowest BCUT2D eigenvalue weighted by Gasteiger charge is -2.17. The van der Waals surface area contributed by atoms with Gasteiger partial charge in [-0.1, -0.05) is 40.9 Å². The quantitative estimate of drug-likeness (QED) is 0.804. The molecule has 19 heavy (non-hydrogen) atoms. The van der Waals surface area contributed by atoms with Crippen molar-refractivity contribution in [1.82, 2.24) is 0 Å². The van der Waals surface area contributed by atoms with Crippen LogP contribution in [0, 0.1) is 6.92 Å². The van der Waals surface area contributed by atoms with E-state index < -0.39 is 0 Å². The molecule has 0 radical (unpaired) electrons. The Morgan fingerprint density at radius 1 is 1.05 bits per heavy atom. The van der Waals surface area contributed by atoms with E-state index in [-0.39, 0.29) is 10.6 Å². The first kappa shape index (κ1) is 14.9. The van der Waals surface area contributed by atoms with E-state index in [0.717, 1.165) is 5.56 Å². The molecule has 0 spiro atoms. The molecule has 0 saturated carbocycles. The molecule has 98 valence electrons. The van der Waals surface area contributed by atoms with Gasteiger partial charge in [0.15, 0.2) is 0 Å². The van der Waals surface area contributed by atoms with Gasteiger partial charge in [0.05, 0.1) is 18.1 Å². The van der Waals surface area contributed by atoms with Gasteiger partial charge in [-0.25, -0.2) is 0 Å². The summed E-state index contributed by atoms with van der Waals surface area (Å²) in [5.74, 6) is -0.222.